The minimum Gasteiger partial charge on any atom is -0.497 e. The second-order valence-corrected chi connectivity index (χ2v) is 7.49. The summed E-state index contributed by atoms with van der Waals surface area (Å²) in [4.78, 5) is 29.1. The van der Waals surface area contributed by atoms with Gasteiger partial charge in [0.25, 0.3) is 5.91 Å². The first-order valence-corrected chi connectivity index (χ1v) is 9.93. The molecule has 1 heterocycles. The summed E-state index contributed by atoms with van der Waals surface area (Å²) >= 11 is 0. The van der Waals surface area contributed by atoms with E-state index in [0.29, 0.717) is 49.5 Å². The third-order valence-corrected chi connectivity index (χ3v) is 5.41. The Kier molecular flexibility index (Phi) is 6.92. The van der Waals surface area contributed by atoms with Crippen LogP contribution in [0.1, 0.15) is 28.8 Å². The van der Waals surface area contributed by atoms with Gasteiger partial charge >= 0.3 is 0 Å². The standard InChI is InChI=1S/C23H27FN2O4/c1-25(15-16-5-4-6-19(24)11-16)22(27)17-7-9-26(10-8-17)23(28)18-12-20(29-2)14-21(13-18)30-3/h4-6,11-14,17H,7-10,15H2,1-3H3. The summed E-state index contributed by atoms with van der Waals surface area (Å²) in [5.41, 5.74) is 1.25. The summed E-state index contributed by atoms with van der Waals surface area (Å²) in [5, 5.41) is 0. The SMILES string of the molecule is COc1cc(OC)cc(C(=O)N2CCC(C(=O)N(C)Cc3cccc(F)c3)CC2)c1. The van der Waals surface area contributed by atoms with Crippen LogP contribution in [0.4, 0.5) is 4.39 Å². The lowest BCUT2D eigenvalue weighted by atomic mass is 9.94. The summed E-state index contributed by atoms with van der Waals surface area (Å²) in [7, 11) is 4.81. The van der Waals surface area contributed by atoms with Crippen LogP contribution in [0.15, 0.2) is 42.5 Å². The van der Waals surface area contributed by atoms with Crippen LogP contribution in [0.3, 0.4) is 0 Å². The van der Waals surface area contributed by atoms with Crippen molar-refractivity contribution < 1.29 is 23.5 Å². The number of nitrogens with zero attached hydrogens (tertiary/aromatic N) is 2. The molecule has 1 fully saturated rings. The van der Waals surface area contributed by atoms with Crippen molar-refractivity contribution in [2.45, 2.75) is 19.4 Å². The van der Waals surface area contributed by atoms with E-state index in [1.807, 2.05) is 0 Å². The van der Waals surface area contributed by atoms with Gasteiger partial charge in [-0.3, -0.25) is 9.59 Å². The van der Waals surface area contributed by atoms with Crippen molar-refractivity contribution in [2.24, 2.45) is 5.92 Å². The lowest BCUT2D eigenvalue weighted by Crippen LogP contribution is -2.43. The second-order valence-electron chi connectivity index (χ2n) is 7.49. The summed E-state index contributed by atoms with van der Waals surface area (Å²) in [5.74, 6) is 0.575. The zero-order valence-corrected chi connectivity index (χ0v) is 17.6. The van der Waals surface area contributed by atoms with E-state index in [4.69, 9.17) is 9.47 Å². The van der Waals surface area contributed by atoms with Gasteiger partial charge in [-0.2, -0.15) is 0 Å². The number of piperidine rings is 1. The average Bonchev–Trinajstić information content (AvgIpc) is 2.77. The number of likely N-dealkylation sites (tertiary alicyclic amines) is 1. The zero-order valence-electron chi connectivity index (χ0n) is 17.6. The molecule has 0 N–H and O–H groups in total. The summed E-state index contributed by atoms with van der Waals surface area (Å²) in [6.45, 7) is 1.37. The summed E-state index contributed by atoms with van der Waals surface area (Å²) < 4.78 is 23.9. The Morgan fingerprint density at radius 3 is 2.27 bits per heavy atom. The van der Waals surface area contributed by atoms with Gasteiger partial charge in [-0.05, 0) is 42.7 Å². The Bertz CT molecular complexity index is 888. The first-order chi connectivity index (χ1) is 14.4. The predicted molar refractivity (Wildman–Crippen MR) is 111 cm³/mol. The van der Waals surface area contributed by atoms with Crippen LogP contribution >= 0.6 is 0 Å². The van der Waals surface area contributed by atoms with Crippen LogP contribution in [-0.4, -0.2) is 56.0 Å². The second kappa shape index (κ2) is 9.61. The molecule has 6 nitrogen and oxygen atoms in total. The fraction of sp³-hybridized carbons (Fsp3) is 0.391. The van der Waals surface area contributed by atoms with Crippen molar-refractivity contribution in [1.82, 2.24) is 9.80 Å². The van der Waals surface area contributed by atoms with Gasteiger partial charge in [0, 0.05) is 44.2 Å². The molecule has 1 aliphatic heterocycles. The Morgan fingerprint density at radius 1 is 1.07 bits per heavy atom. The number of carbonyl (C=O) groups excluding carboxylic acids is 2. The molecule has 0 aromatic heterocycles. The molecule has 1 aliphatic rings. The number of hydrogen-bond acceptors (Lipinski definition) is 4. The fourth-order valence-electron chi connectivity index (χ4n) is 3.74. The molecule has 0 spiro atoms. The number of hydrogen-bond donors (Lipinski definition) is 0. The zero-order chi connectivity index (χ0) is 21.7. The molecule has 0 bridgehead atoms. The van der Waals surface area contributed by atoms with Gasteiger partial charge < -0.3 is 19.3 Å². The van der Waals surface area contributed by atoms with Gasteiger partial charge in [-0.15, -0.1) is 0 Å². The largest absolute Gasteiger partial charge is 0.497 e. The molecule has 0 aliphatic carbocycles. The monoisotopic (exact) mass is 414 g/mol. The number of methoxy groups -OCH3 is 2. The van der Waals surface area contributed by atoms with Gasteiger partial charge in [-0.1, -0.05) is 12.1 Å². The van der Waals surface area contributed by atoms with Crippen LogP contribution in [0.5, 0.6) is 11.5 Å². The quantitative estimate of drug-likeness (QED) is 0.727. The molecule has 1 saturated heterocycles. The topological polar surface area (TPSA) is 59.1 Å². The maximum atomic E-state index is 13.4. The van der Waals surface area contributed by atoms with Gasteiger partial charge in [0.15, 0.2) is 0 Å². The van der Waals surface area contributed by atoms with Crippen LogP contribution in [-0.2, 0) is 11.3 Å². The number of ether oxygens (including phenoxy) is 2. The number of rotatable bonds is 6. The molecular formula is C23H27FN2O4. The molecule has 0 atom stereocenters. The minimum atomic E-state index is -0.311. The molecule has 0 radical (unpaired) electrons. The van der Waals surface area contributed by atoms with E-state index in [1.54, 1.807) is 61.4 Å². The van der Waals surface area contributed by atoms with Gasteiger partial charge in [-0.25, -0.2) is 4.39 Å². The first kappa shape index (κ1) is 21.6. The van der Waals surface area contributed by atoms with E-state index in [-0.39, 0.29) is 23.5 Å². The Hall–Kier alpha value is -3.09. The molecule has 0 unspecified atom stereocenters. The third-order valence-electron chi connectivity index (χ3n) is 5.41. The normalized spacial score (nSPS) is 14.3. The van der Waals surface area contributed by atoms with E-state index in [1.165, 1.54) is 12.1 Å². The van der Waals surface area contributed by atoms with Crippen molar-refractivity contribution in [1.29, 1.82) is 0 Å². The van der Waals surface area contributed by atoms with E-state index in [0.717, 1.165) is 5.56 Å². The molecule has 30 heavy (non-hydrogen) atoms. The van der Waals surface area contributed by atoms with E-state index < -0.39 is 0 Å². The first-order valence-electron chi connectivity index (χ1n) is 9.93. The number of carbonyl (C=O) groups is 2. The van der Waals surface area contributed by atoms with Crippen molar-refractivity contribution >= 4 is 11.8 Å². The van der Waals surface area contributed by atoms with E-state index in [2.05, 4.69) is 0 Å². The van der Waals surface area contributed by atoms with Crippen LogP contribution < -0.4 is 9.47 Å². The fourth-order valence-corrected chi connectivity index (χ4v) is 3.74. The van der Waals surface area contributed by atoms with Crippen molar-refractivity contribution in [3.05, 3.63) is 59.4 Å². The maximum Gasteiger partial charge on any atom is 0.254 e. The van der Waals surface area contributed by atoms with Crippen molar-refractivity contribution in [3.8, 4) is 11.5 Å². The third kappa shape index (κ3) is 5.09. The van der Waals surface area contributed by atoms with Crippen LogP contribution in [0.25, 0.3) is 0 Å². The summed E-state index contributed by atoms with van der Waals surface area (Å²) in [6.07, 6.45) is 1.19. The molecule has 7 heteroatoms. The number of halogens is 1. The lowest BCUT2D eigenvalue weighted by molar-refractivity contribution is -0.136. The van der Waals surface area contributed by atoms with Gasteiger partial charge in [0.2, 0.25) is 5.91 Å². The molecule has 3 rings (SSSR count). The molecule has 0 saturated carbocycles. The highest BCUT2D eigenvalue weighted by molar-refractivity contribution is 5.95. The number of amides is 2. The predicted octanol–water partition coefficient (Wildman–Crippen LogP) is 3.35. The molecule has 2 amide bonds. The van der Waals surface area contributed by atoms with Crippen molar-refractivity contribution in [2.75, 3.05) is 34.4 Å². The van der Waals surface area contributed by atoms with E-state index in [9.17, 15) is 14.0 Å². The highest BCUT2D eigenvalue weighted by Crippen LogP contribution is 2.26. The molecule has 2 aromatic carbocycles. The average molecular weight is 414 g/mol. The number of benzene rings is 2. The van der Waals surface area contributed by atoms with Crippen LogP contribution in [0.2, 0.25) is 0 Å². The smallest absolute Gasteiger partial charge is 0.254 e. The van der Waals surface area contributed by atoms with Gasteiger partial charge in [0.1, 0.15) is 17.3 Å². The van der Waals surface area contributed by atoms with Crippen molar-refractivity contribution in [3.63, 3.8) is 0 Å². The maximum absolute atomic E-state index is 13.4. The Morgan fingerprint density at radius 2 is 1.70 bits per heavy atom. The van der Waals surface area contributed by atoms with E-state index >= 15 is 0 Å². The summed E-state index contributed by atoms with van der Waals surface area (Å²) in [6, 6.07) is 11.4. The minimum absolute atomic E-state index is 0.0226. The molecular weight excluding hydrogens is 387 g/mol. The highest BCUT2D eigenvalue weighted by Gasteiger charge is 2.30. The Balaban J connectivity index is 1.58. The molecule has 2 aromatic rings. The highest BCUT2D eigenvalue weighted by atomic mass is 19.1. The Labute approximate surface area is 176 Å². The lowest BCUT2D eigenvalue weighted by Gasteiger charge is -2.33. The van der Waals surface area contributed by atoms with Gasteiger partial charge in [0.05, 0.1) is 14.2 Å². The molecule has 160 valence electrons. The van der Waals surface area contributed by atoms with Crippen LogP contribution in [0, 0.1) is 11.7 Å².